The monoisotopic (exact) mass is 194 g/mol. The van der Waals surface area contributed by atoms with Crippen molar-refractivity contribution in [3.63, 3.8) is 0 Å². The average Bonchev–Trinajstić information content (AvgIpc) is 2.06. The molecule has 0 saturated heterocycles. The van der Waals surface area contributed by atoms with Crippen LogP contribution in [0.2, 0.25) is 0 Å². The van der Waals surface area contributed by atoms with E-state index in [0.29, 0.717) is 6.41 Å². The Hall–Kier alpha value is -1.46. The molecule has 74 valence electrons. The second-order valence-electron chi connectivity index (χ2n) is 1.92. The maximum atomic E-state index is 9.86. The third-order valence-corrected chi connectivity index (χ3v) is 1.03. The van der Waals surface area contributed by atoms with Crippen LogP contribution >= 0.6 is 0 Å². The molecule has 0 aromatic heterocycles. The lowest BCUT2D eigenvalue weighted by atomic mass is 10.4. The number of hydrogen-bond acceptors (Lipinski definition) is 2. The smallest absolute Gasteiger partial charge is 0.289 e. The summed E-state index contributed by atoms with van der Waals surface area (Å²) in [7, 11) is 0. The largest absolute Gasteiger partial charge is 0.379 e. The SMILES string of the molecule is FC(F)F.O=CNN1C=CC=CC1. The highest BCUT2D eigenvalue weighted by Gasteiger charge is 1.93. The molecule has 1 amide bonds. The first-order chi connectivity index (χ1) is 6.16. The Kier molecular flexibility index (Phi) is 6.39. The molecule has 1 aliphatic heterocycles. The molecule has 1 rings (SSSR count). The molecule has 0 aromatic rings. The molecule has 3 nitrogen and oxygen atoms in total. The van der Waals surface area contributed by atoms with Gasteiger partial charge in [-0.05, 0) is 6.08 Å². The van der Waals surface area contributed by atoms with Gasteiger partial charge in [-0.3, -0.25) is 15.2 Å². The summed E-state index contributed by atoms with van der Waals surface area (Å²) in [6, 6.07) is 0. The quantitative estimate of drug-likeness (QED) is 0.670. The molecule has 0 fully saturated rings. The fourth-order valence-corrected chi connectivity index (χ4v) is 0.631. The molecule has 1 heterocycles. The van der Waals surface area contributed by atoms with Crippen LogP contribution in [0.3, 0.4) is 0 Å². The van der Waals surface area contributed by atoms with Crippen LogP contribution in [-0.2, 0) is 4.79 Å². The van der Waals surface area contributed by atoms with Gasteiger partial charge in [0.1, 0.15) is 0 Å². The molecule has 0 saturated carbocycles. The zero-order chi connectivity index (χ0) is 10.1. The van der Waals surface area contributed by atoms with E-state index >= 15 is 0 Å². The van der Waals surface area contributed by atoms with E-state index in [1.807, 2.05) is 18.2 Å². The van der Waals surface area contributed by atoms with Crippen LogP contribution in [-0.4, -0.2) is 24.6 Å². The van der Waals surface area contributed by atoms with Crippen LogP contribution in [0.1, 0.15) is 0 Å². The highest BCUT2D eigenvalue weighted by molar-refractivity contribution is 5.45. The van der Waals surface area contributed by atoms with Crippen molar-refractivity contribution in [1.82, 2.24) is 10.4 Å². The standard InChI is InChI=1S/C6H8N2O.CHF3/c9-6-7-8-4-2-1-3-5-8;2-1(3)4/h1-4,6H,5H2,(H,7,9);1H. The lowest BCUT2D eigenvalue weighted by Gasteiger charge is -2.17. The topological polar surface area (TPSA) is 32.3 Å². The van der Waals surface area contributed by atoms with Gasteiger partial charge in [0.2, 0.25) is 6.41 Å². The Bertz CT molecular complexity index is 189. The number of nitrogens with one attached hydrogen (secondary N) is 1. The second-order valence-corrected chi connectivity index (χ2v) is 1.92. The summed E-state index contributed by atoms with van der Waals surface area (Å²) in [5.41, 5.74) is 2.50. The van der Waals surface area contributed by atoms with Gasteiger partial charge < -0.3 is 0 Å². The normalized spacial score (nSPS) is 13.7. The van der Waals surface area contributed by atoms with Gasteiger partial charge in [0, 0.05) is 6.20 Å². The van der Waals surface area contributed by atoms with E-state index in [2.05, 4.69) is 5.43 Å². The molecule has 0 atom stereocenters. The van der Waals surface area contributed by atoms with Crippen molar-refractivity contribution in [2.24, 2.45) is 0 Å². The number of amides is 1. The lowest BCUT2D eigenvalue weighted by molar-refractivity contribution is -0.112. The number of carbonyl (C=O) groups excluding carboxylic acids is 1. The number of allylic oxidation sites excluding steroid dienone is 2. The van der Waals surface area contributed by atoms with Gasteiger partial charge in [-0.2, -0.15) is 13.2 Å². The summed E-state index contributed by atoms with van der Waals surface area (Å²) >= 11 is 0. The molecule has 0 bridgehead atoms. The van der Waals surface area contributed by atoms with Crippen LogP contribution in [0.4, 0.5) is 13.2 Å². The van der Waals surface area contributed by atoms with Gasteiger partial charge in [-0.25, -0.2) is 0 Å². The maximum Gasteiger partial charge on any atom is 0.379 e. The van der Waals surface area contributed by atoms with Gasteiger partial charge >= 0.3 is 6.68 Å². The first-order valence-corrected chi connectivity index (χ1v) is 3.39. The number of rotatable bonds is 2. The van der Waals surface area contributed by atoms with Crippen molar-refractivity contribution in [3.8, 4) is 0 Å². The zero-order valence-corrected chi connectivity index (χ0v) is 6.66. The van der Waals surface area contributed by atoms with Crippen molar-refractivity contribution in [3.05, 3.63) is 24.4 Å². The molecule has 13 heavy (non-hydrogen) atoms. The molecule has 0 unspecified atom stereocenters. The van der Waals surface area contributed by atoms with E-state index in [-0.39, 0.29) is 0 Å². The van der Waals surface area contributed by atoms with Crippen molar-refractivity contribution in [2.75, 3.05) is 6.54 Å². The van der Waals surface area contributed by atoms with E-state index in [0.717, 1.165) is 6.54 Å². The first kappa shape index (κ1) is 11.5. The van der Waals surface area contributed by atoms with Crippen LogP contribution in [0.25, 0.3) is 0 Å². The van der Waals surface area contributed by atoms with Crippen molar-refractivity contribution < 1.29 is 18.0 Å². The number of halogens is 3. The fraction of sp³-hybridized carbons (Fsp3) is 0.286. The van der Waals surface area contributed by atoms with E-state index in [9.17, 15) is 18.0 Å². The van der Waals surface area contributed by atoms with Gasteiger partial charge in [0.05, 0.1) is 6.54 Å². The third-order valence-electron chi connectivity index (χ3n) is 1.03. The number of nitrogens with zero attached hydrogens (tertiary/aromatic N) is 1. The van der Waals surface area contributed by atoms with Crippen LogP contribution in [0.5, 0.6) is 0 Å². The number of carbonyl (C=O) groups is 1. The van der Waals surface area contributed by atoms with E-state index in [4.69, 9.17) is 0 Å². The molecule has 0 radical (unpaired) electrons. The second kappa shape index (κ2) is 7.20. The highest BCUT2D eigenvalue weighted by Crippen LogP contribution is 1.91. The first-order valence-electron chi connectivity index (χ1n) is 3.39. The summed E-state index contributed by atoms with van der Waals surface area (Å²) < 4.78 is 29.0. The Labute approximate surface area is 73.5 Å². The Balaban J connectivity index is 0.000000310. The molecule has 1 N–H and O–H groups in total. The molecular formula is C7H9F3N2O. The van der Waals surface area contributed by atoms with Crippen molar-refractivity contribution in [2.45, 2.75) is 6.68 Å². The minimum atomic E-state index is -3.67. The van der Waals surface area contributed by atoms with Gasteiger partial charge in [-0.1, -0.05) is 12.2 Å². The Morgan fingerprint density at radius 3 is 2.38 bits per heavy atom. The van der Waals surface area contributed by atoms with Gasteiger partial charge in [-0.15, -0.1) is 0 Å². The molecule has 0 aliphatic carbocycles. The molecule has 6 heteroatoms. The highest BCUT2D eigenvalue weighted by atomic mass is 19.4. The van der Waals surface area contributed by atoms with Crippen molar-refractivity contribution in [1.29, 1.82) is 0 Å². The number of hydrazine groups is 1. The van der Waals surface area contributed by atoms with Crippen LogP contribution in [0.15, 0.2) is 24.4 Å². The number of alkyl halides is 3. The fourth-order valence-electron chi connectivity index (χ4n) is 0.631. The van der Waals surface area contributed by atoms with Gasteiger partial charge in [0.25, 0.3) is 0 Å². The Morgan fingerprint density at radius 2 is 2.00 bits per heavy atom. The molecule has 0 aromatic carbocycles. The minimum absolute atomic E-state index is 0.656. The molecule has 0 spiro atoms. The van der Waals surface area contributed by atoms with E-state index in [1.165, 1.54) is 0 Å². The Morgan fingerprint density at radius 1 is 1.38 bits per heavy atom. The molecule has 1 aliphatic rings. The summed E-state index contributed by atoms with van der Waals surface area (Å²) in [5.74, 6) is 0. The van der Waals surface area contributed by atoms with E-state index < -0.39 is 6.68 Å². The average molecular weight is 194 g/mol. The van der Waals surface area contributed by atoms with E-state index in [1.54, 1.807) is 11.2 Å². The molecular weight excluding hydrogens is 185 g/mol. The summed E-state index contributed by atoms with van der Waals surface area (Å²) in [4.78, 5) is 9.86. The van der Waals surface area contributed by atoms with Crippen molar-refractivity contribution >= 4 is 6.41 Å². The predicted octanol–water partition coefficient (Wildman–Crippen LogP) is 1.21. The summed E-state index contributed by atoms with van der Waals surface area (Å²) in [6.45, 7) is -2.92. The predicted molar refractivity (Wildman–Crippen MR) is 41.3 cm³/mol. The number of hydrogen-bond donors (Lipinski definition) is 1. The minimum Gasteiger partial charge on any atom is -0.289 e. The van der Waals surface area contributed by atoms with Gasteiger partial charge in [0.15, 0.2) is 0 Å². The summed E-state index contributed by atoms with van der Waals surface area (Å²) in [6.07, 6.45) is 8.21. The lowest BCUT2D eigenvalue weighted by Crippen LogP contribution is -2.32. The van der Waals surface area contributed by atoms with Crippen LogP contribution in [0, 0.1) is 0 Å². The zero-order valence-electron chi connectivity index (χ0n) is 6.66. The third kappa shape index (κ3) is 8.45. The maximum absolute atomic E-state index is 9.86. The summed E-state index contributed by atoms with van der Waals surface area (Å²) in [5, 5.41) is 1.69. The van der Waals surface area contributed by atoms with Crippen LogP contribution < -0.4 is 5.43 Å².